The molecule has 78 valence electrons. The predicted molar refractivity (Wildman–Crippen MR) is 50.3 cm³/mol. The molecule has 0 aliphatic heterocycles. The minimum atomic E-state index is -0.186. The maximum absolute atomic E-state index is 11.1. The Kier molecular flexibility index (Phi) is 7.63. The monoisotopic (exact) mass is 189 g/mol. The van der Waals surface area contributed by atoms with E-state index in [1.54, 1.807) is 7.11 Å². The molecule has 0 aliphatic carbocycles. The van der Waals surface area contributed by atoms with Gasteiger partial charge in [-0.1, -0.05) is 13.3 Å². The normalized spacial score (nSPS) is 12.5. The van der Waals surface area contributed by atoms with Crippen molar-refractivity contribution in [1.29, 1.82) is 0 Å². The van der Waals surface area contributed by atoms with Crippen LogP contribution in [0.5, 0.6) is 0 Å². The summed E-state index contributed by atoms with van der Waals surface area (Å²) in [6.07, 6.45) is 1.33. The van der Waals surface area contributed by atoms with Gasteiger partial charge in [0.25, 0.3) is 0 Å². The summed E-state index contributed by atoms with van der Waals surface area (Å²) in [5.41, 5.74) is 5.45. The van der Waals surface area contributed by atoms with Crippen LogP contribution >= 0.6 is 0 Å². The summed E-state index contributed by atoms with van der Waals surface area (Å²) >= 11 is 0. The molecule has 0 radical (unpaired) electrons. The van der Waals surface area contributed by atoms with Crippen LogP contribution in [0.15, 0.2) is 0 Å². The van der Waals surface area contributed by atoms with Crippen LogP contribution in [0.3, 0.4) is 0 Å². The molecule has 0 spiro atoms. The number of carbonyl (C=O) groups is 1. The van der Waals surface area contributed by atoms with Crippen molar-refractivity contribution in [2.24, 2.45) is 11.7 Å². The lowest BCUT2D eigenvalue weighted by atomic mass is 10.0. The SMILES string of the molecule is CCC(CN)CC(=O)OCCOC. The van der Waals surface area contributed by atoms with E-state index in [1.165, 1.54) is 0 Å². The van der Waals surface area contributed by atoms with Crippen molar-refractivity contribution < 1.29 is 14.3 Å². The molecule has 0 aromatic heterocycles. The number of rotatable bonds is 7. The van der Waals surface area contributed by atoms with Crippen LogP contribution in [0.4, 0.5) is 0 Å². The number of nitrogens with two attached hydrogens (primary N) is 1. The zero-order valence-corrected chi connectivity index (χ0v) is 8.41. The minimum absolute atomic E-state index is 0.186. The molecule has 2 N–H and O–H groups in total. The second kappa shape index (κ2) is 8.01. The van der Waals surface area contributed by atoms with Crippen LogP contribution in [0, 0.1) is 5.92 Å². The number of hydrogen-bond donors (Lipinski definition) is 1. The summed E-state index contributed by atoms with van der Waals surface area (Å²) in [6, 6.07) is 0. The largest absolute Gasteiger partial charge is 0.463 e. The Morgan fingerprint density at radius 2 is 2.15 bits per heavy atom. The Balaban J connectivity index is 3.48. The van der Waals surface area contributed by atoms with Crippen LogP contribution < -0.4 is 5.73 Å². The fraction of sp³-hybridized carbons (Fsp3) is 0.889. The van der Waals surface area contributed by atoms with Crippen molar-refractivity contribution in [3.8, 4) is 0 Å². The topological polar surface area (TPSA) is 61.6 Å². The van der Waals surface area contributed by atoms with Gasteiger partial charge < -0.3 is 15.2 Å². The molecule has 0 bridgehead atoms. The van der Waals surface area contributed by atoms with Crippen LogP contribution in [-0.2, 0) is 14.3 Å². The lowest BCUT2D eigenvalue weighted by Crippen LogP contribution is -2.19. The second-order valence-corrected chi connectivity index (χ2v) is 2.93. The first-order valence-electron chi connectivity index (χ1n) is 4.59. The van der Waals surface area contributed by atoms with E-state index in [-0.39, 0.29) is 11.9 Å². The summed E-state index contributed by atoms with van der Waals surface area (Å²) in [5, 5.41) is 0. The first-order valence-corrected chi connectivity index (χ1v) is 4.59. The van der Waals surface area contributed by atoms with Crippen LogP contribution in [-0.4, -0.2) is 32.8 Å². The molecule has 0 aromatic rings. The van der Waals surface area contributed by atoms with Crippen molar-refractivity contribution in [3.63, 3.8) is 0 Å². The number of esters is 1. The third kappa shape index (κ3) is 6.54. The smallest absolute Gasteiger partial charge is 0.306 e. The fourth-order valence-corrected chi connectivity index (χ4v) is 0.928. The van der Waals surface area contributed by atoms with E-state index >= 15 is 0 Å². The Hall–Kier alpha value is -0.610. The molecule has 4 nitrogen and oxygen atoms in total. The Morgan fingerprint density at radius 1 is 1.46 bits per heavy atom. The molecule has 1 unspecified atom stereocenters. The summed E-state index contributed by atoms with van der Waals surface area (Å²) < 4.78 is 9.65. The van der Waals surface area contributed by atoms with Gasteiger partial charge in [-0.25, -0.2) is 0 Å². The van der Waals surface area contributed by atoms with Crippen LogP contribution in [0.2, 0.25) is 0 Å². The molecule has 4 heteroatoms. The van der Waals surface area contributed by atoms with Gasteiger partial charge in [-0.2, -0.15) is 0 Å². The summed E-state index contributed by atoms with van der Waals surface area (Å²) in [6.45, 7) is 3.33. The van der Waals surface area contributed by atoms with Gasteiger partial charge in [0.05, 0.1) is 6.61 Å². The second-order valence-electron chi connectivity index (χ2n) is 2.93. The molecule has 0 fully saturated rings. The van der Waals surface area contributed by atoms with Gasteiger partial charge in [0.15, 0.2) is 0 Å². The Bertz CT molecular complexity index is 135. The maximum atomic E-state index is 11.1. The molecule has 0 aliphatic rings. The molecular formula is C9H19NO3. The van der Waals surface area contributed by atoms with Gasteiger partial charge in [-0.3, -0.25) is 4.79 Å². The molecule has 0 saturated carbocycles. The van der Waals surface area contributed by atoms with Crippen molar-refractivity contribution in [2.75, 3.05) is 26.9 Å². The number of methoxy groups -OCH3 is 1. The highest BCUT2D eigenvalue weighted by Gasteiger charge is 2.10. The van der Waals surface area contributed by atoms with E-state index in [2.05, 4.69) is 0 Å². The molecular weight excluding hydrogens is 170 g/mol. The predicted octanol–water partition coefficient (Wildman–Crippen LogP) is 0.551. The molecule has 0 rings (SSSR count). The Morgan fingerprint density at radius 3 is 2.62 bits per heavy atom. The molecule has 1 atom stereocenters. The number of carbonyl (C=O) groups excluding carboxylic acids is 1. The minimum Gasteiger partial charge on any atom is -0.463 e. The molecule has 0 aromatic carbocycles. The van der Waals surface area contributed by atoms with Gasteiger partial charge in [0.2, 0.25) is 0 Å². The first kappa shape index (κ1) is 12.4. The van der Waals surface area contributed by atoms with Crippen molar-refractivity contribution in [2.45, 2.75) is 19.8 Å². The van der Waals surface area contributed by atoms with E-state index in [1.807, 2.05) is 6.92 Å². The van der Waals surface area contributed by atoms with E-state index < -0.39 is 0 Å². The third-order valence-corrected chi connectivity index (χ3v) is 1.92. The molecule has 0 heterocycles. The Labute approximate surface area is 79.4 Å². The summed E-state index contributed by atoms with van der Waals surface area (Å²) in [5.74, 6) is 0.0596. The molecule has 0 amide bonds. The average Bonchev–Trinajstić information content (AvgIpc) is 2.14. The van der Waals surface area contributed by atoms with Crippen LogP contribution in [0.1, 0.15) is 19.8 Å². The molecule has 0 saturated heterocycles. The lowest BCUT2D eigenvalue weighted by Gasteiger charge is -2.10. The first-order chi connectivity index (χ1) is 6.24. The van der Waals surface area contributed by atoms with Crippen molar-refractivity contribution in [1.82, 2.24) is 0 Å². The maximum Gasteiger partial charge on any atom is 0.306 e. The highest BCUT2D eigenvalue weighted by molar-refractivity contribution is 5.69. The third-order valence-electron chi connectivity index (χ3n) is 1.92. The fourth-order valence-electron chi connectivity index (χ4n) is 0.928. The van der Waals surface area contributed by atoms with Crippen molar-refractivity contribution >= 4 is 5.97 Å². The van der Waals surface area contributed by atoms with Gasteiger partial charge in [-0.05, 0) is 12.5 Å². The standard InChI is InChI=1S/C9H19NO3/c1-3-8(7-10)6-9(11)13-5-4-12-2/h8H,3-7,10H2,1-2H3. The van der Waals surface area contributed by atoms with Crippen LogP contribution in [0.25, 0.3) is 0 Å². The van der Waals surface area contributed by atoms with E-state index in [0.717, 1.165) is 6.42 Å². The summed E-state index contributed by atoms with van der Waals surface area (Å²) in [7, 11) is 1.57. The van der Waals surface area contributed by atoms with Gasteiger partial charge >= 0.3 is 5.97 Å². The molecule has 13 heavy (non-hydrogen) atoms. The van der Waals surface area contributed by atoms with Gasteiger partial charge in [0.1, 0.15) is 6.61 Å². The number of ether oxygens (including phenoxy) is 2. The van der Waals surface area contributed by atoms with Crippen molar-refractivity contribution in [3.05, 3.63) is 0 Å². The van der Waals surface area contributed by atoms with E-state index in [4.69, 9.17) is 15.2 Å². The zero-order valence-electron chi connectivity index (χ0n) is 8.41. The number of hydrogen-bond acceptors (Lipinski definition) is 4. The highest BCUT2D eigenvalue weighted by Crippen LogP contribution is 2.06. The van der Waals surface area contributed by atoms with Gasteiger partial charge in [-0.15, -0.1) is 0 Å². The van der Waals surface area contributed by atoms with E-state index in [0.29, 0.717) is 26.2 Å². The van der Waals surface area contributed by atoms with E-state index in [9.17, 15) is 4.79 Å². The zero-order chi connectivity index (χ0) is 10.1. The quantitative estimate of drug-likeness (QED) is 0.469. The summed E-state index contributed by atoms with van der Waals surface area (Å²) in [4.78, 5) is 11.1. The average molecular weight is 189 g/mol. The lowest BCUT2D eigenvalue weighted by molar-refractivity contribution is -0.146. The highest BCUT2D eigenvalue weighted by atomic mass is 16.6. The van der Waals surface area contributed by atoms with Gasteiger partial charge in [0, 0.05) is 13.5 Å².